The number of aromatic hydroxyl groups is 1. The molecule has 0 saturated heterocycles. The van der Waals surface area contributed by atoms with Gasteiger partial charge in [0, 0.05) is 7.05 Å². The van der Waals surface area contributed by atoms with E-state index in [9.17, 15) is 13.5 Å². The first-order valence-corrected chi connectivity index (χ1v) is 7.15. The number of phenols is 1. The molecule has 0 amide bonds. The zero-order valence-corrected chi connectivity index (χ0v) is 11.5. The molecule has 1 heterocycles. The molecule has 1 aromatic carbocycles. The van der Waals surface area contributed by atoms with E-state index < -0.39 is 10.0 Å². The van der Waals surface area contributed by atoms with Crippen LogP contribution in [0.1, 0.15) is 11.5 Å². The summed E-state index contributed by atoms with van der Waals surface area (Å²) in [7, 11) is -2.29. The van der Waals surface area contributed by atoms with Crippen LogP contribution in [0.2, 0.25) is 0 Å². The Morgan fingerprint density at radius 3 is 2.47 bits per heavy atom. The van der Waals surface area contributed by atoms with Crippen molar-refractivity contribution in [2.75, 3.05) is 7.05 Å². The number of hydrogen-bond acceptors (Lipinski definition) is 4. The first kappa shape index (κ1) is 13.6. The van der Waals surface area contributed by atoms with Crippen molar-refractivity contribution in [1.29, 1.82) is 0 Å². The molecular formula is C13H15NO4S. The van der Waals surface area contributed by atoms with E-state index in [1.54, 1.807) is 31.2 Å². The van der Waals surface area contributed by atoms with E-state index in [1.807, 2.05) is 0 Å². The molecule has 0 aliphatic heterocycles. The van der Waals surface area contributed by atoms with Crippen molar-refractivity contribution in [2.24, 2.45) is 0 Å². The summed E-state index contributed by atoms with van der Waals surface area (Å²) in [6.07, 6.45) is 0. The lowest BCUT2D eigenvalue weighted by Gasteiger charge is -2.16. The highest BCUT2D eigenvalue weighted by Gasteiger charge is 2.24. The van der Waals surface area contributed by atoms with E-state index in [0.717, 1.165) is 10.1 Å². The molecule has 0 radical (unpaired) electrons. The Kier molecular flexibility index (Phi) is 3.64. The van der Waals surface area contributed by atoms with Crippen LogP contribution in [0, 0.1) is 6.92 Å². The number of benzene rings is 1. The predicted octanol–water partition coefficient (Wildman–Crippen LogP) is 2.11. The predicted molar refractivity (Wildman–Crippen MR) is 70.2 cm³/mol. The molecule has 0 fully saturated rings. The molecule has 102 valence electrons. The first-order valence-electron chi connectivity index (χ1n) is 5.71. The number of sulfonamides is 1. The molecular weight excluding hydrogens is 266 g/mol. The summed E-state index contributed by atoms with van der Waals surface area (Å²) in [6.45, 7) is 1.91. The lowest BCUT2D eigenvalue weighted by Crippen LogP contribution is -2.26. The Morgan fingerprint density at radius 1 is 1.21 bits per heavy atom. The van der Waals surface area contributed by atoms with Crippen molar-refractivity contribution >= 4 is 10.0 Å². The first-order chi connectivity index (χ1) is 8.91. The summed E-state index contributed by atoms with van der Waals surface area (Å²) in [4.78, 5) is -0.110. The molecule has 1 aromatic heterocycles. The van der Waals surface area contributed by atoms with Crippen LogP contribution in [-0.2, 0) is 16.6 Å². The van der Waals surface area contributed by atoms with Crippen molar-refractivity contribution in [3.05, 3.63) is 47.9 Å². The van der Waals surface area contributed by atoms with E-state index in [-0.39, 0.29) is 17.2 Å². The number of rotatable bonds is 4. The van der Waals surface area contributed by atoms with Gasteiger partial charge in [-0.15, -0.1) is 0 Å². The van der Waals surface area contributed by atoms with Crippen LogP contribution in [0.25, 0.3) is 0 Å². The van der Waals surface area contributed by atoms with Crippen molar-refractivity contribution in [3.63, 3.8) is 0 Å². The lowest BCUT2D eigenvalue weighted by atomic mass is 10.3. The number of furan rings is 1. The van der Waals surface area contributed by atoms with Crippen LogP contribution in [-0.4, -0.2) is 24.9 Å². The zero-order valence-electron chi connectivity index (χ0n) is 10.7. The van der Waals surface area contributed by atoms with Gasteiger partial charge in [0.25, 0.3) is 0 Å². The summed E-state index contributed by atoms with van der Waals surface area (Å²) in [5, 5.41) is 9.64. The molecule has 5 nitrogen and oxygen atoms in total. The average molecular weight is 281 g/mol. The van der Waals surface area contributed by atoms with Crippen LogP contribution in [0.15, 0.2) is 45.7 Å². The average Bonchev–Trinajstić information content (AvgIpc) is 2.75. The monoisotopic (exact) mass is 281 g/mol. The molecule has 0 spiro atoms. The fraction of sp³-hybridized carbons (Fsp3) is 0.231. The fourth-order valence-electron chi connectivity index (χ4n) is 1.72. The van der Waals surface area contributed by atoms with Crippen molar-refractivity contribution in [3.8, 4) is 5.75 Å². The Bertz CT molecular complexity index is 675. The van der Waals surface area contributed by atoms with Crippen LogP contribution in [0.3, 0.4) is 0 Å². The number of aryl methyl sites for hydroxylation is 1. The molecule has 6 heteroatoms. The SMILES string of the molecule is Cc1ccc(CN(C)S(=O)(=O)c2ccccc2O)o1. The molecule has 2 rings (SSSR count). The van der Waals surface area contributed by atoms with E-state index in [1.165, 1.54) is 19.2 Å². The summed E-state index contributed by atoms with van der Waals surface area (Å²) in [5.41, 5.74) is 0. The van der Waals surface area contributed by atoms with Gasteiger partial charge in [-0.2, -0.15) is 4.31 Å². The summed E-state index contributed by atoms with van der Waals surface area (Å²) >= 11 is 0. The Hall–Kier alpha value is -1.79. The van der Waals surface area contributed by atoms with Crippen molar-refractivity contribution < 1.29 is 17.9 Å². The molecule has 19 heavy (non-hydrogen) atoms. The highest BCUT2D eigenvalue weighted by Crippen LogP contribution is 2.25. The number of hydrogen-bond donors (Lipinski definition) is 1. The third-order valence-corrected chi connectivity index (χ3v) is 4.58. The van der Waals surface area contributed by atoms with Gasteiger partial charge in [-0.05, 0) is 31.2 Å². The fourth-order valence-corrected chi connectivity index (χ4v) is 2.93. The zero-order chi connectivity index (χ0) is 14.0. The van der Waals surface area contributed by atoms with Gasteiger partial charge in [0.1, 0.15) is 22.2 Å². The maximum atomic E-state index is 12.3. The quantitative estimate of drug-likeness (QED) is 0.931. The maximum absolute atomic E-state index is 12.3. The molecule has 1 N–H and O–H groups in total. The van der Waals surface area contributed by atoms with Gasteiger partial charge in [0.05, 0.1) is 6.54 Å². The molecule has 0 atom stereocenters. The van der Waals surface area contributed by atoms with Crippen LogP contribution >= 0.6 is 0 Å². The number of nitrogens with zero attached hydrogens (tertiary/aromatic N) is 1. The largest absolute Gasteiger partial charge is 0.507 e. The molecule has 0 saturated carbocycles. The van der Waals surface area contributed by atoms with Crippen molar-refractivity contribution in [2.45, 2.75) is 18.4 Å². The second kappa shape index (κ2) is 5.07. The third kappa shape index (κ3) is 2.80. The molecule has 2 aromatic rings. The van der Waals surface area contributed by atoms with Crippen LogP contribution in [0.5, 0.6) is 5.75 Å². The van der Waals surface area contributed by atoms with Gasteiger partial charge in [0.15, 0.2) is 0 Å². The third-order valence-electron chi connectivity index (χ3n) is 2.73. The molecule has 0 aliphatic rings. The minimum Gasteiger partial charge on any atom is -0.507 e. The van der Waals surface area contributed by atoms with Gasteiger partial charge in [-0.25, -0.2) is 8.42 Å². The Balaban J connectivity index is 2.27. The number of phenolic OH excluding ortho intramolecular Hbond substituents is 1. The Labute approximate surface area is 112 Å². The van der Waals surface area contributed by atoms with Crippen LogP contribution < -0.4 is 0 Å². The normalized spacial score (nSPS) is 11.9. The summed E-state index contributed by atoms with van der Waals surface area (Å²) in [6, 6.07) is 9.36. The van der Waals surface area contributed by atoms with E-state index in [4.69, 9.17) is 4.42 Å². The van der Waals surface area contributed by atoms with E-state index in [0.29, 0.717) is 5.76 Å². The van der Waals surface area contributed by atoms with E-state index in [2.05, 4.69) is 0 Å². The second-order valence-electron chi connectivity index (χ2n) is 4.24. The van der Waals surface area contributed by atoms with Gasteiger partial charge in [-0.3, -0.25) is 0 Å². The number of para-hydroxylation sites is 1. The highest BCUT2D eigenvalue weighted by molar-refractivity contribution is 7.89. The molecule has 0 aliphatic carbocycles. The van der Waals surface area contributed by atoms with Gasteiger partial charge >= 0.3 is 0 Å². The molecule has 0 bridgehead atoms. The smallest absolute Gasteiger partial charge is 0.246 e. The summed E-state index contributed by atoms with van der Waals surface area (Å²) < 4.78 is 31.1. The lowest BCUT2D eigenvalue weighted by molar-refractivity contribution is 0.393. The Morgan fingerprint density at radius 2 is 1.89 bits per heavy atom. The van der Waals surface area contributed by atoms with Gasteiger partial charge in [-0.1, -0.05) is 12.1 Å². The second-order valence-corrected chi connectivity index (χ2v) is 6.25. The van der Waals surface area contributed by atoms with Gasteiger partial charge < -0.3 is 9.52 Å². The minimum atomic E-state index is -3.74. The van der Waals surface area contributed by atoms with E-state index >= 15 is 0 Å². The minimum absolute atomic E-state index is 0.110. The molecule has 0 unspecified atom stereocenters. The van der Waals surface area contributed by atoms with Gasteiger partial charge in [0.2, 0.25) is 10.0 Å². The maximum Gasteiger partial charge on any atom is 0.246 e. The standard InChI is InChI=1S/C13H15NO4S/c1-10-7-8-11(18-10)9-14(2)19(16,17)13-6-4-3-5-12(13)15/h3-8,15H,9H2,1-2H3. The summed E-state index contributed by atoms with van der Waals surface area (Å²) in [5.74, 6) is 1.02. The van der Waals surface area contributed by atoms with Crippen LogP contribution in [0.4, 0.5) is 0 Å². The topological polar surface area (TPSA) is 70.8 Å². The van der Waals surface area contributed by atoms with Crippen molar-refractivity contribution in [1.82, 2.24) is 4.31 Å². The highest BCUT2D eigenvalue weighted by atomic mass is 32.2.